The van der Waals surface area contributed by atoms with Gasteiger partial charge in [-0.3, -0.25) is 4.79 Å². The summed E-state index contributed by atoms with van der Waals surface area (Å²) in [6, 6.07) is 14.0. The van der Waals surface area contributed by atoms with E-state index in [-0.39, 0.29) is 25.9 Å². The maximum absolute atomic E-state index is 12.4. The number of aromatic nitrogens is 4. The van der Waals surface area contributed by atoms with Crippen molar-refractivity contribution in [2.75, 3.05) is 34.2 Å². The van der Waals surface area contributed by atoms with Crippen LogP contribution in [-0.4, -0.2) is 66.0 Å². The highest BCUT2D eigenvalue weighted by Gasteiger charge is 2.19. The van der Waals surface area contributed by atoms with Gasteiger partial charge in [0.1, 0.15) is 23.9 Å². The summed E-state index contributed by atoms with van der Waals surface area (Å²) in [6.45, 7) is 2.29. The minimum absolute atomic E-state index is 0.172. The number of ether oxygens (including phenoxy) is 6. The molecule has 0 fully saturated rings. The van der Waals surface area contributed by atoms with E-state index in [2.05, 4.69) is 20.6 Å². The molecule has 2 aromatic heterocycles. The lowest BCUT2D eigenvalue weighted by Gasteiger charge is -2.15. The molecular formula is C25H25N5O7. The van der Waals surface area contributed by atoms with Gasteiger partial charge in [-0.2, -0.15) is 4.52 Å². The SMILES string of the molecule is COc1ccc(-c2nnc3ccc(OCCNC(=O)C(C)Oc4ccc5c(c4)OCO5)nn23)c(OC)c1. The fourth-order valence-corrected chi connectivity index (χ4v) is 3.68. The molecule has 37 heavy (non-hydrogen) atoms. The Morgan fingerprint density at radius 3 is 2.70 bits per heavy atom. The van der Waals surface area contributed by atoms with Crippen molar-refractivity contribution in [3.05, 3.63) is 48.5 Å². The quantitative estimate of drug-likeness (QED) is 0.320. The maximum atomic E-state index is 12.4. The number of benzene rings is 2. The van der Waals surface area contributed by atoms with E-state index in [0.717, 1.165) is 0 Å². The van der Waals surface area contributed by atoms with E-state index in [9.17, 15) is 4.79 Å². The highest BCUT2D eigenvalue weighted by Crippen LogP contribution is 2.35. The predicted molar refractivity (Wildman–Crippen MR) is 130 cm³/mol. The standard InChI is InChI=1S/C25H25N5O7/c1-15(37-17-5-7-19-21(13-17)36-14-35-19)25(31)26-10-11-34-23-9-8-22-27-28-24(30(22)29-23)18-6-4-16(32-2)12-20(18)33-3/h4-9,12-13,15H,10-11,14H2,1-3H3,(H,26,31). The van der Waals surface area contributed by atoms with Crippen LogP contribution in [0.25, 0.3) is 17.0 Å². The van der Waals surface area contributed by atoms with Crippen LogP contribution in [-0.2, 0) is 4.79 Å². The lowest BCUT2D eigenvalue weighted by Crippen LogP contribution is -2.38. The van der Waals surface area contributed by atoms with Crippen molar-refractivity contribution in [3.63, 3.8) is 0 Å². The van der Waals surface area contributed by atoms with Crippen LogP contribution in [0.3, 0.4) is 0 Å². The number of hydrogen-bond acceptors (Lipinski definition) is 10. The molecule has 1 N–H and O–H groups in total. The number of amides is 1. The minimum atomic E-state index is -0.714. The predicted octanol–water partition coefficient (Wildman–Crippen LogP) is 2.50. The largest absolute Gasteiger partial charge is 0.497 e. The van der Waals surface area contributed by atoms with Gasteiger partial charge in [-0.1, -0.05) is 0 Å². The Labute approximate surface area is 212 Å². The van der Waals surface area contributed by atoms with Gasteiger partial charge in [-0.05, 0) is 37.3 Å². The second kappa shape index (κ2) is 10.5. The number of hydrogen-bond donors (Lipinski definition) is 1. The Hall–Kier alpha value is -4.74. The molecule has 12 heteroatoms. The monoisotopic (exact) mass is 507 g/mol. The molecule has 1 aliphatic rings. The molecule has 1 unspecified atom stereocenters. The molecule has 1 amide bonds. The first-order valence-electron chi connectivity index (χ1n) is 11.5. The lowest BCUT2D eigenvalue weighted by atomic mass is 10.2. The van der Waals surface area contributed by atoms with Crippen LogP contribution in [0.2, 0.25) is 0 Å². The first-order chi connectivity index (χ1) is 18.1. The zero-order chi connectivity index (χ0) is 25.8. The molecule has 0 bridgehead atoms. The summed E-state index contributed by atoms with van der Waals surface area (Å²) >= 11 is 0. The van der Waals surface area contributed by atoms with Crippen molar-refractivity contribution in [2.24, 2.45) is 0 Å². The minimum Gasteiger partial charge on any atom is -0.497 e. The van der Waals surface area contributed by atoms with E-state index in [1.807, 2.05) is 6.07 Å². The molecule has 4 aromatic rings. The number of carbonyl (C=O) groups is 1. The molecule has 1 aliphatic heterocycles. The molecule has 0 spiro atoms. The van der Waals surface area contributed by atoms with Crippen LogP contribution in [0.15, 0.2) is 48.5 Å². The van der Waals surface area contributed by atoms with Gasteiger partial charge in [-0.15, -0.1) is 15.3 Å². The second-order valence-electron chi connectivity index (χ2n) is 7.95. The van der Waals surface area contributed by atoms with Gasteiger partial charge in [-0.25, -0.2) is 0 Å². The number of carbonyl (C=O) groups excluding carboxylic acids is 1. The summed E-state index contributed by atoms with van der Waals surface area (Å²) in [5.74, 6) is 3.53. The first kappa shape index (κ1) is 24.0. The van der Waals surface area contributed by atoms with Crippen LogP contribution in [0.5, 0.6) is 34.6 Å². The molecule has 192 valence electrons. The first-order valence-corrected chi connectivity index (χ1v) is 11.5. The molecule has 0 saturated carbocycles. The van der Waals surface area contributed by atoms with Crippen LogP contribution in [0.4, 0.5) is 0 Å². The molecule has 3 heterocycles. The van der Waals surface area contributed by atoms with E-state index in [1.165, 1.54) is 0 Å². The van der Waals surface area contributed by atoms with E-state index in [4.69, 9.17) is 28.4 Å². The Morgan fingerprint density at radius 1 is 1.03 bits per heavy atom. The molecular weight excluding hydrogens is 482 g/mol. The molecule has 5 rings (SSSR count). The molecule has 2 aromatic carbocycles. The van der Waals surface area contributed by atoms with Crippen molar-refractivity contribution in [2.45, 2.75) is 13.0 Å². The number of fused-ring (bicyclic) bond motifs is 2. The normalized spacial score (nSPS) is 12.7. The molecule has 12 nitrogen and oxygen atoms in total. The third-order valence-corrected chi connectivity index (χ3v) is 5.57. The third kappa shape index (κ3) is 5.13. The van der Waals surface area contributed by atoms with Crippen molar-refractivity contribution in [3.8, 4) is 46.0 Å². The van der Waals surface area contributed by atoms with Gasteiger partial charge in [0.2, 0.25) is 12.7 Å². The van der Waals surface area contributed by atoms with Crippen molar-refractivity contribution >= 4 is 11.6 Å². The lowest BCUT2D eigenvalue weighted by molar-refractivity contribution is -0.127. The van der Waals surface area contributed by atoms with Gasteiger partial charge < -0.3 is 33.7 Å². The summed E-state index contributed by atoms with van der Waals surface area (Å²) in [6.07, 6.45) is -0.714. The van der Waals surface area contributed by atoms with Crippen LogP contribution in [0, 0.1) is 0 Å². The third-order valence-electron chi connectivity index (χ3n) is 5.57. The number of methoxy groups -OCH3 is 2. The molecule has 0 radical (unpaired) electrons. The van der Waals surface area contributed by atoms with Crippen molar-refractivity contribution in [1.82, 2.24) is 25.1 Å². The summed E-state index contributed by atoms with van der Waals surface area (Å²) in [7, 11) is 3.15. The fourth-order valence-electron chi connectivity index (χ4n) is 3.68. The van der Waals surface area contributed by atoms with Gasteiger partial charge in [0.15, 0.2) is 29.1 Å². The summed E-state index contributed by atoms with van der Waals surface area (Å²) in [5.41, 5.74) is 1.24. The Morgan fingerprint density at radius 2 is 1.86 bits per heavy atom. The van der Waals surface area contributed by atoms with Gasteiger partial charge in [0, 0.05) is 18.2 Å². The number of rotatable bonds is 10. The summed E-state index contributed by atoms with van der Waals surface area (Å²) in [4.78, 5) is 12.4. The smallest absolute Gasteiger partial charge is 0.260 e. The van der Waals surface area contributed by atoms with Gasteiger partial charge in [0.05, 0.1) is 26.3 Å². The van der Waals surface area contributed by atoms with E-state index in [0.29, 0.717) is 51.7 Å². The van der Waals surface area contributed by atoms with Crippen LogP contribution < -0.4 is 33.7 Å². The fraction of sp³-hybridized carbons (Fsp3) is 0.280. The average Bonchev–Trinajstić information content (AvgIpc) is 3.57. The highest BCUT2D eigenvalue weighted by molar-refractivity contribution is 5.80. The van der Waals surface area contributed by atoms with Crippen LogP contribution in [0.1, 0.15) is 6.92 Å². The average molecular weight is 508 g/mol. The van der Waals surface area contributed by atoms with Crippen molar-refractivity contribution < 1.29 is 33.2 Å². The van der Waals surface area contributed by atoms with E-state index < -0.39 is 6.10 Å². The summed E-state index contributed by atoms with van der Waals surface area (Å²) in [5, 5.41) is 15.7. The topological polar surface area (TPSA) is 128 Å². The molecule has 0 aliphatic carbocycles. The maximum Gasteiger partial charge on any atom is 0.260 e. The Kier molecular flexibility index (Phi) is 6.79. The Bertz CT molecular complexity index is 1420. The molecule has 1 atom stereocenters. The zero-order valence-corrected chi connectivity index (χ0v) is 20.5. The summed E-state index contributed by atoms with van der Waals surface area (Å²) < 4.78 is 34.4. The number of nitrogens with zero attached hydrogens (tertiary/aromatic N) is 4. The van der Waals surface area contributed by atoms with Gasteiger partial charge >= 0.3 is 0 Å². The van der Waals surface area contributed by atoms with Crippen molar-refractivity contribution in [1.29, 1.82) is 0 Å². The van der Waals surface area contributed by atoms with E-state index in [1.54, 1.807) is 68.1 Å². The van der Waals surface area contributed by atoms with Crippen LogP contribution >= 0.6 is 0 Å². The van der Waals surface area contributed by atoms with E-state index >= 15 is 0 Å². The second-order valence-corrected chi connectivity index (χ2v) is 7.95. The zero-order valence-electron chi connectivity index (χ0n) is 20.5. The highest BCUT2D eigenvalue weighted by atomic mass is 16.7. The Balaban J connectivity index is 1.18. The molecule has 0 saturated heterocycles. The van der Waals surface area contributed by atoms with Gasteiger partial charge in [0.25, 0.3) is 5.91 Å². The number of nitrogens with one attached hydrogen (secondary N) is 1.